The Balaban J connectivity index is 1.22. The first kappa shape index (κ1) is 32.2. The van der Waals surface area contributed by atoms with E-state index in [1.807, 2.05) is 25.1 Å². The molecule has 3 fully saturated rings. The van der Waals surface area contributed by atoms with Crippen molar-refractivity contribution < 1.29 is 33.4 Å². The van der Waals surface area contributed by atoms with Crippen LogP contribution in [0.5, 0.6) is 11.5 Å². The van der Waals surface area contributed by atoms with Crippen LogP contribution in [-0.2, 0) is 19.1 Å². The quantitative estimate of drug-likeness (QED) is 0.117. The molecular formula is C37H48O7. The van der Waals surface area contributed by atoms with Gasteiger partial charge >= 0.3 is 17.9 Å². The summed E-state index contributed by atoms with van der Waals surface area (Å²) in [5, 5.41) is 1.18. The van der Waals surface area contributed by atoms with Crippen molar-refractivity contribution in [1.29, 1.82) is 0 Å². The van der Waals surface area contributed by atoms with E-state index in [1.54, 1.807) is 6.07 Å². The second-order valence-corrected chi connectivity index (χ2v) is 13.5. The molecule has 2 aromatic rings. The Morgan fingerprint density at radius 2 is 1.25 bits per heavy atom. The van der Waals surface area contributed by atoms with Crippen molar-refractivity contribution >= 4 is 35.0 Å². The number of unbranched alkanes of at least 4 members (excludes halogenated alkanes) is 1. The van der Waals surface area contributed by atoms with E-state index in [4.69, 9.17) is 14.2 Å². The number of rotatable bonds is 10. The van der Waals surface area contributed by atoms with Crippen LogP contribution in [0.2, 0.25) is 0 Å². The molecule has 0 aromatic heterocycles. The number of carbonyl (C=O) groups is 4. The minimum Gasteiger partial charge on any atom is -0.465 e. The summed E-state index contributed by atoms with van der Waals surface area (Å²) in [7, 11) is 0. The molecule has 0 N–H and O–H groups in total. The van der Waals surface area contributed by atoms with Crippen molar-refractivity contribution in [1.82, 2.24) is 0 Å². The molecule has 0 radical (unpaired) electrons. The van der Waals surface area contributed by atoms with Crippen LogP contribution in [0.25, 0.3) is 10.8 Å². The maximum Gasteiger partial charge on any atom is 0.314 e. The number of carbonyl (C=O) groups excluding carboxylic acids is 4. The number of hydrogen-bond donors (Lipinski definition) is 0. The lowest BCUT2D eigenvalue weighted by Gasteiger charge is -2.36. The van der Waals surface area contributed by atoms with E-state index < -0.39 is 5.97 Å². The monoisotopic (exact) mass is 604 g/mol. The van der Waals surface area contributed by atoms with Crippen LogP contribution in [0, 0.1) is 35.5 Å². The molecule has 3 aliphatic rings. The van der Waals surface area contributed by atoms with Crippen molar-refractivity contribution in [2.75, 3.05) is 6.61 Å². The SMILES string of the molecule is CCCCOC(=O)C1CCC(C(=O)Oc2c(C=O)cc(OC(=O)C3CCC(C4CCC(C)CC4)CC3)c3ccccc23)CC1. The second-order valence-electron chi connectivity index (χ2n) is 13.5. The summed E-state index contributed by atoms with van der Waals surface area (Å²) in [5.41, 5.74) is 0.170. The summed E-state index contributed by atoms with van der Waals surface area (Å²) in [5.74, 6) is 1.28. The smallest absolute Gasteiger partial charge is 0.314 e. The third-order valence-corrected chi connectivity index (χ3v) is 10.5. The highest BCUT2D eigenvalue weighted by molar-refractivity contribution is 6.02. The molecule has 5 rings (SSSR count). The summed E-state index contributed by atoms with van der Waals surface area (Å²) in [6.45, 7) is 4.83. The molecular weight excluding hydrogens is 556 g/mol. The molecule has 0 unspecified atom stereocenters. The van der Waals surface area contributed by atoms with E-state index >= 15 is 0 Å². The average Bonchev–Trinajstić information content (AvgIpc) is 3.06. The molecule has 0 amide bonds. The molecule has 0 saturated heterocycles. The molecule has 0 heterocycles. The second kappa shape index (κ2) is 15.2. The lowest BCUT2D eigenvalue weighted by atomic mass is 9.69. The first-order valence-corrected chi connectivity index (χ1v) is 17.0. The molecule has 0 aliphatic heterocycles. The van der Waals surface area contributed by atoms with Crippen LogP contribution >= 0.6 is 0 Å². The first-order valence-electron chi connectivity index (χ1n) is 17.0. The standard InChI is InChI=1S/C37H48O7/c1-3-4-21-42-35(39)27-17-19-29(20-18-27)37(41)44-34-30(23-38)22-33(31-7-5-6-8-32(31)34)43-36(40)28-15-13-26(14-16-28)25-11-9-24(2)10-12-25/h5-8,22-29H,3-4,9-21H2,1-2H3. The van der Waals surface area contributed by atoms with Crippen LogP contribution in [0.1, 0.15) is 114 Å². The zero-order valence-electron chi connectivity index (χ0n) is 26.4. The summed E-state index contributed by atoms with van der Waals surface area (Å²) in [6, 6.07) is 8.77. The molecule has 2 aromatic carbocycles. The van der Waals surface area contributed by atoms with Gasteiger partial charge in [-0.15, -0.1) is 0 Å². The van der Waals surface area contributed by atoms with Gasteiger partial charge in [-0.05, 0) is 94.4 Å². The van der Waals surface area contributed by atoms with E-state index in [0.717, 1.165) is 50.4 Å². The van der Waals surface area contributed by atoms with E-state index in [2.05, 4.69) is 6.92 Å². The molecule has 0 bridgehead atoms. The zero-order valence-corrected chi connectivity index (χ0v) is 26.4. The molecule has 3 aliphatic carbocycles. The van der Waals surface area contributed by atoms with Gasteiger partial charge in [0.25, 0.3) is 0 Å². The van der Waals surface area contributed by atoms with Gasteiger partial charge < -0.3 is 14.2 Å². The van der Waals surface area contributed by atoms with Gasteiger partial charge in [0.1, 0.15) is 11.5 Å². The van der Waals surface area contributed by atoms with Crippen LogP contribution in [0.4, 0.5) is 0 Å². The highest BCUT2D eigenvalue weighted by atomic mass is 16.5. The average molecular weight is 605 g/mol. The third kappa shape index (κ3) is 7.70. The number of fused-ring (bicyclic) bond motifs is 1. The minimum absolute atomic E-state index is 0.149. The molecule has 7 nitrogen and oxygen atoms in total. The predicted molar refractivity (Wildman–Crippen MR) is 168 cm³/mol. The number of esters is 3. The van der Waals surface area contributed by atoms with E-state index in [9.17, 15) is 19.2 Å². The van der Waals surface area contributed by atoms with Gasteiger partial charge in [-0.1, -0.05) is 57.4 Å². The fourth-order valence-electron chi connectivity index (χ4n) is 7.58. The molecule has 3 saturated carbocycles. The Morgan fingerprint density at radius 1 is 0.727 bits per heavy atom. The Morgan fingerprint density at radius 3 is 1.84 bits per heavy atom. The highest BCUT2D eigenvalue weighted by Crippen LogP contribution is 2.43. The van der Waals surface area contributed by atoms with Gasteiger partial charge in [0.05, 0.1) is 29.9 Å². The lowest BCUT2D eigenvalue weighted by Crippen LogP contribution is -2.30. The molecule has 7 heteroatoms. The van der Waals surface area contributed by atoms with Crippen molar-refractivity contribution in [3.63, 3.8) is 0 Å². The Hall–Kier alpha value is -3.22. The van der Waals surface area contributed by atoms with Gasteiger partial charge in [-0.3, -0.25) is 19.2 Å². The summed E-state index contributed by atoms with van der Waals surface area (Å²) < 4.78 is 17.2. The molecule has 0 spiro atoms. The summed E-state index contributed by atoms with van der Waals surface area (Å²) in [4.78, 5) is 51.2. The minimum atomic E-state index is -0.412. The van der Waals surface area contributed by atoms with Crippen LogP contribution in [-0.4, -0.2) is 30.8 Å². The van der Waals surface area contributed by atoms with Crippen molar-refractivity contribution in [3.8, 4) is 11.5 Å². The van der Waals surface area contributed by atoms with Crippen LogP contribution < -0.4 is 9.47 Å². The van der Waals surface area contributed by atoms with E-state index in [-0.39, 0.29) is 41.0 Å². The van der Waals surface area contributed by atoms with Crippen LogP contribution in [0.3, 0.4) is 0 Å². The third-order valence-electron chi connectivity index (χ3n) is 10.5. The van der Waals surface area contributed by atoms with E-state index in [1.165, 1.54) is 31.7 Å². The zero-order chi connectivity index (χ0) is 31.1. The van der Waals surface area contributed by atoms with Gasteiger partial charge in [-0.2, -0.15) is 0 Å². The van der Waals surface area contributed by atoms with Crippen molar-refractivity contribution in [2.45, 2.75) is 104 Å². The van der Waals surface area contributed by atoms with E-state index in [0.29, 0.717) is 61.0 Å². The van der Waals surface area contributed by atoms with Crippen molar-refractivity contribution in [2.24, 2.45) is 35.5 Å². The maximum atomic E-state index is 13.3. The normalized spacial score (nSPS) is 27.3. The topological polar surface area (TPSA) is 96.0 Å². The van der Waals surface area contributed by atoms with Gasteiger partial charge in [0.2, 0.25) is 0 Å². The first-order chi connectivity index (χ1) is 21.4. The molecule has 0 atom stereocenters. The van der Waals surface area contributed by atoms with Gasteiger partial charge in [0.15, 0.2) is 6.29 Å². The lowest BCUT2D eigenvalue weighted by molar-refractivity contribution is -0.152. The molecule has 238 valence electrons. The van der Waals surface area contributed by atoms with Crippen LogP contribution in [0.15, 0.2) is 30.3 Å². The Kier molecular flexibility index (Phi) is 11.1. The fraction of sp³-hybridized carbons (Fsp3) is 0.622. The number of aldehydes is 1. The Bertz CT molecular complexity index is 1310. The Labute approximate surface area is 261 Å². The molecule has 44 heavy (non-hydrogen) atoms. The maximum absolute atomic E-state index is 13.3. The predicted octanol–water partition coefficient (Wildman–Crippen LogP) is 8.25. The summed E-state index contributed by atoms with van der Waals surface area (Å²) in [6.07, 6.45) is 13.7. The largest absolute Gasteiger partial charge is 0.465 e. The number of ether oxygens (including phenoxy) is 3. The number of hydrogen-bond acceptors (Lipinski definition) is 7. The van der Waals surface area contributed by atoms with Crippen molar-refractivity contribution in [3.05, 3.63) is 35.9 Å². The number of benzene rings is 2. The highest BCUT2D eigenvalue weighted by Gasteiger charge is 2.35. The fourth-order valence-corrected chi connectivity index (χ4v) is 7.58. The summed E-state index contributed by atoms with van der Waals surface area (Å²) >= 11 is 0. The van der Waals surface area contributed by atoms with Gasteiger partial charge in [-0.25, -0.2) is 0 Å². The van der Waals surface area contributed by atoms with Gasteiger partial charge in [0, 0.05) is 10.8 Å².